The molecule has 7 heteroatoms. The summed E-state index contributed by atoms with van der Waals surface area (Å²) < 4.78 is 0. The number of hydrogen-bond donors (Lipinski definition) is 0. The van der Waals surface area contributed by atoms with Gasteiger partial charge in [0.1, 0.15) is 0 Å². The number of carboxylic acid groups (broad SMARTS) is 2. The Morgan fingerprint density at radius 2 is 1.09 bits per heavy atom. The molecule has 0 radical (unpaired) electrons. The van der Waals surface area contributed by atoms with E-state index >= 15 is 0 Å². The van der Waals surface area contributed by atoms with Gasteiger partial charge >= 0.3 is 19.5 Å². The zero-order valence-electron chi connectivity index (χ0n) is 5.51. The first kappa shape index (κ1) is 17.3. The largest absolute Gasteiger partial charge is 2.00 e. The van der Waals surface area contributed by atoms with Crippen molar-refractivity contribution in [3.8, 4) is 0 Å². The summed E-state index contributed by atoms with van der Waals surface area (Å²) in [5, 5.41) is 18.2. The van der Waals surface area contributed by atoms with Crippen molar-refractivity contribution in [3.63, 3.8) is 0 Å². The number of alkyl halides is 2. The van der Waals surface area contributed by atoms with E-state index in [1.807, 2.05) is 0 Å². The molecular weight excluding hydrogens is 248 g/mol. The molecule has 0 atom stereocenters. The molecule has 0 aliphatic heterocycles. The molecule has 11 heavy (non-hydrogen) atoms. The van der Waals surface area contributed by atoms with Crippen LogP contribution in [0.1, 0.15) is 0 Å². The molecule has 4 nitrogen and oxygen atoms in total. The van der Waals surface area contributed by atoms with Gasteiger partial charge in [-0.2, -0.15) is 0 Å². The van der Waals surface area contributed by atoms with E-state index in [-0.39, 0.29) is 19.5 Å². The molecule has 0 fully saturated rings. The van der Waals surface area contributed by atoms with Crippen molar-refractivity contribution in [2.75, 3.05) is 11.8 Å². The van der Waals surface area contributed by atoms with E-state index in [1.54, 1.807) is 0 Å². The second kappa shape index (κ2) is 12.8. The third kappa shape index (κ3) is 39.2. The summed E-state index contributed by atoms with van der Waals surface area (Å²) >= 11 is 9.35. The first-order chi connectivity index (χ1) is 4.54. The van der Waals surface area contributed by atoms with Gasteiger partial charge in [-0.05, 0) is 0 Å². The van der Waals surface area contributed by atoms with Gasteiger partial charge in [0, 0.05) is 0 Å². The van der Waals surface area contributed by atoms with Gasteiger partial charge in [0.2, 0.25) is 0 Å². The van der Waals surface area contributed by atoms with E-state index < -0.39 is 23.7 Å². The summed E-state index contributed by atoms with van der Waals surface area (Å²) in [5.74, 6) is -3.29. The van der Waals surface area contributed by atoms with Crippen LogP contribution in [0.3, 0.4) is 0 Å². The van der Waals surface area contributed by atoms with Gasteiger partial charge in [0.05, 0.1) is 23.7 Å². The van der Waals surface area contributed by atoms with E-state index in [0.717, 1.165) is 0 Å². The van der Waals surface area contributed by atoms with Gasteiger partial charge in [0.25, 0.3) is 0 Å². The van der Waals surface area contributed by atoms with Gasteiger partial charge in [-0.3, -0.25) is 0 Å². The molecule has 60 valence electrons. The van der Waals surface area contributed by atoms with Crippen LogP contribution in [0, 0.1) is 0 Å². The first-order valence-corrected chi connectivity index (χ1v) is 3.13. The molecule has 0 rings (SSSR count). The maximum absolute atomic E-state index is 9.12. The summed E-state index contributed by atoms with van der Waals surface area (Å²) in [4.78, 5) is 18.2. The van der Waals surface area contributed by atoms with Crippen LogP contribution in [0.4, 0.5) is 0 Å². The Kier molecular flexibility index (Phi) is 20.1. The summed E-state index contributed by atoms with van der Waals surface area (Å²) in [6.07, 6.45) is 0. The smallest absolute Gasteiger partial charge is 0.549 e. The third-order valence-electron chi connectivity index (χ3n) is 0.218. The molecule has 0 N–H and O–H groups in total. The number of halogens is 2. The second-order valence-electron chi connectivity index (χ2n) is 1.01. The average Bonchev–Trinajstić information content (AvgIpc) is 1.89. The van der Waals surface area contributed by atoms with Crippen molar-refractivity contribution >= 4 is 35.1 Å². The first-order valence-electron chi connectivity index (χ1n) is 2.06. The topological polar surface area (TPSA) is 80.3 Å². The number of rotatable bonds is 2. The predicted octanol–water partition coefficient (Wildman–Crippen LogP) is -2.05. The van der Waals surface area contributed by atoms with Crippen molar-refractivity contribution in [2.45, 2.75) is 0 Å². The summed E-state index contributed by atoms with van der Waals surface area (Å²) in [6.45, 7) is 0. The minimum Gasteiger partial charge on any atom is -0.549 e. The minimum absolute atomic E-state index is 0. The molecule has 0 amide bonds. The molecule has 0 unspecified atom stereocenters. The van der Waals surface area contributed by atoms with Gasteiger partial charge in [0.15, 0.2) is 0 Å². The fourth-order valence-electron chi connectivity index (χ4n) is 0. The number of carboxylic acids is 2. The fourth-order valence-corrected chi connectivity index (χ4v) is 0. The molecule has 0 spiro atoms. The van der Waals surface area contributed by atoms with Crippen LogP contribution in [-0.4, -0.2) is 23.7 Å². The molecular formula is C4H4Cl2O4Zn. The minimum atomic E-state index is -1.23. The maximum Gasteiger partial charge on any atom is 2.00 e. The molecule has 0 aliphatic carbocycles. The molecule has 0 bridgehead atoms. The van der Waals surface area contributed by atoms with Gasteiger partial charge in [-0.1, -0.05) is 0 Å². The Labute approximate surface area is 86.2 Å². The van der Waals surface area contributed by atoms with Crippen LogP contribution in [0.2, 0.25) is 0 Å². The van der Waals surface area contributed by atoms with E-state index in [1.165, 1.54) is 0 Å². The Morgan fingerprint density at radius 1 is 1.00 bits per heavy atom. The fraction of sp³-hybridized carbons (Fsp3) is 0.500. The van der Waals surface area contributed by atoms with Gasteiger partial charge in [-0.25, -0.2) is 0 Å². The molecule has 0 saturated heterocycles. The van der Waals surface area contributed by atoms with E-state index in [0.29, 0.717) is 0 Å². The van der Waals surface area contributed by atoms with E-state index in [9.17, 15) is 0 Å². The van der Waals surface area contributed by atoms with Gasteiger partial charge in [-0.15, -0.1) is 23.2 Å². The summed E-state index contributed by atoms with van der Waals surface area (Å²) in [7, 11) is 0. The van der Waals surface area contributed by atoms with Crippen molar-refractivity contribution in [1.82, 2.24) is 0 Å². The molecule has 0 aromatic carbocycles. The molecule has 0 heterocycles. The van der Waals surface area contributed by atoms with Crippen LogP contribution in [-0.2, 0) is 29.1 Å². The third-order valence-corrected chi connectivity index (χ3v) is 0.655. The van der Waals surface area contributed by atoms with Gasteiger partial charge < -0.3 is 19.8 Å². The zero-order valence-corrected chi connectivity index (χ0v) is 9.99. The normalized spacial score (nSPS) is 6.73. The average molecular weight is 252 g/mol. The maximum atomic E-state index is 9.12. The monoisotopic (exact) mass is 250 g/mol. The molecule has 0 aromatic rings. The van der Waals surface area contributed by atoms with Crippen LogP contribution < -0.4 is 10.2 Å². The molecule has 0 saturated carbocycles. The number of aliphatic carboxylic acids is 2. The van der Waals surface area contributed by atoms with Crippen molar-refractivity contribution in [2.24, 2.45) is 0 Å². The second-order valence-corrected chi connectivity index (χ2v) is 1.55. The quantitative estimate of drug-likeness (QED) is 0.418. The predicted molar refractivity (Wildman–Crippen MR) is 31.5 cm³/mol. The number of carbonyl (C=O) groups excluding carboxylic acids is 2. The van der Waals surface area contributed by atoms with Crippen LogP contribution in [0.5, 0.6) is 0 Å². The Balaban J connectivity index is -0.000000107. The molecule has 0 aliphatic rings. The van der Waals surface area contributed by atoms with Crippen molar-refractivity contribution < 1.29 is 39.3 Å². The summed E-state index contributed by atoms with van der Waals surface area (Å²) in [6, 6.07) is 0. The summed E-state index contributed by atoms with van der Waals surface area (Å²) in [5.41, 5.74) is 0. The van der Waals surface area contributed by atoms with Crippen LogP contribution >= 0.6 is 23.2 Å². The zero-order chi connectivity index (χ0) is 8.57. The molecule has 0 aromatic heterocycles. The van der Waals surface area contributed by atoms with Crippen molar-refractivity contribution in [3.05, 3.63) is 0 Å². The number of hydrogen-bond acceptors (Lipinski definition) is 4. The Bertz CT molecular complexity index is 105. The number of carbonyl (C=O) groups is 2. The van der Waals surface area contributed by atoms with E-state index in [4.69, 9.17) is 19.8 Å². The SMILES string of the molecule is O=C([O-])CCl.O=C([O-])CCl.[Zn+2]. The van der Waals surface area contributed by atoms with Crippen LogP contribution in [0.25, 0.3) is 0 Å². The van der Waals surface area contributed by atoms with E-state index in [2.05, 4.69) is 23.2 Å². The van der Waals surface area contributed by atoms with Crippen LogP contribution in [0.15, 0.2) is 0 Å². The Morgan fingerprint density at radius 3 is 1.09 bits per heavy atom. The standard InChI is InChI=1S/2C2H3ClO2.Zn/c2*3-1-2(4)5;/h2*1H2,(H,4,5);/q;;+2/p-2. The Hall–Kier alpha value is 0.143. The van der Waals surface area contributed by atoms with Crippen molar-refractivity contribution in [1.29, 1.82) is 0 Å².